The van der Waals surface area contributed by atoms with Crippen LogP contribution in [-0.4, -0.2) is 30.5 Å². The average Bonchev–Trinajstić information content (AvgIpc) is 2.47. The Morgan fingerprint density at radius 2 is 2.16 bits per heavy atom. The van der Waals surface area contributed by atoms with E-state index in [1.807, 2.05) is 35.2 Å². The number of para-hydroxylation sites is 1. The van der Waals surface area contributed by atoms with Crippen LogP contribution in [-0.2, 0) is 4.79 Å². The second-order valence-electron chi connectivity index (χ2n) is 5.22. The van der Waals surface area contributed by atoms with E-state index in [4.69, 9.17) is 4.74 Å². The summed E-state index contributed by atoms with van der Waals surface area (Å²) in [5.74, 6) is 1.68. The Labute approximate surface area is 115 Å². The van der Waals surface area contributed by atoms with Crippen LogP contribution in [0.2, 0.25) is 0 Å². The molecule has 1 saturated heterocycles. The first-order valence-corrected chi connectivity index (χ1v) is 7.25. The van der Waals surface area contributed by atoms with Crippen molar-refractivity contribution < 1.29 is 9.53 Å². The van der Waals surface area contributed by atoms with E-state index in [1.54, 1.807) is 0 Å². The van der Waals surface area contributed by atoms with Crippen molar-refractivity contribution in [1.82, 2.24) is 4.90 Å². The molecule has 0 aliphatic carbocycles. The molecule has 1 aromatic rings. The fourth-order valence-electron chi connectivity index (χ4n) is 2.53. The maximum atomic E-state index is 11.9. The molecule has 0 aromatic heterocycles. The highest BCUT2D eigenvalue weighted by Gasteiger charge is 2.23. The Hall–Kier alpha value is -1.51. The molecule has 1 fully saturated rings. The molecule has 1 unspecified atom stereocenters. The van der Waals surface area contributed by atoms with Gasteiger partial charge in [0.15, 0.2) is 0 Å². The number of hydrogen-bond donors (Lipinski definition) is 0. The van der Waals surface area contributed by atoms with Gasteiger partial charge in [0, 0.05) is 25.4 Å². The highest BCUT2D eigenvalue weighted by atomic mass is 16.5. The molecule has 0 spiro atoms. The van der Waals surface area contributed by atoms with Gasteiger partial charge in [-0.15, -0.1) is 0 Å². The summed E-state index contributed by atoms with van der Waals surface area (Å²) in [7, 11) is 0. The van der Waals surface area contributed by atoms with Gasteiger partial charge in [0.1, 0.15) is 5.75 Å². The van der Waals surface area contributed by atoms with Gasteiger partial charge in [-0.05, 0) is 31.4 Å². The van der Waals surface area contributed by atoms with Crippen LogP contribution in [0.4, 0.5) is 0 Å². The van der Waals surface area contributed by atoms with E-state index in [2.05, 4.69) is 6.92 Å². The van der Waals surface area contributed by atoms with Crippen LogP contribution in [0, 0.1) is 5.92 Å². The van der Waals surface area contributed by atoms with Crippen LogP contribution in [0.25, 0.3) is 0 Å². The standard InChI is InChI=1S/C16H23NO2/c1-2-7-16(18)17-11-6-8-14(12-17)13-19-15-9-4-3-5-10-15/h3-5,9-10,14H,2,6-8,11-13H2,1H3. The molecule has 1 amide bonds. The van der Waals surface area contributed by atoms with E-state index in [9.17, 15) is 4.79 Å². The van der Waals surface area contributed by atoms with E-state index in [1.165, 1.54) is 0 Å². The second kappa shape index (κ2) is 7.17. The first kappa shape index (κ1) is 13.9. The molecule has 1 aliphatic heterocycles. The Morgan fingerprint density at radius 1 is 1.37 bits per heavy atom. The van der Waals surface area contributed by atoms with Crippen molar-refractivity contribution in [3.05, 3.63) is 30.3 Å². The molecule has 1 aromatic carbocycles. The van der Waals surface area contributed by atoms with Crippen molar-refractivity contribution in [2.75, 3.05) is 19.7 Å². The van der Waals surface area contributed by atoms with Gasteiger partial charge in [-0.1, -0.05) is 25.1 Å². The lowest BCUT2D eigenvalue weighted by Gasteiger charge is -2.32. The van der Waals surface area contributed by atoms with Gasteiger partial charge >= 0.3 is 0 Å². The maximum absolute atomic E-state index is 11.9. The summed E-state index contributed by atoms with van der Waals surface area (Å²) in [6.07, 6.45) is 3.85. The summed E-state index contributed by atoms with van der Waals surface area (Å²) in [6.45, 7) is 4.53. The Balaban J connectivity index is 1.79. The smallest absolute Gasteiger partial charge is 0.222 e. The van der Waals surface area contributed by atoms with Crippen LogP contribution in [0.1, 0.15) is 32.6 Å². The lowest BCUT2D eigenvalue weighted by atomic mass is 9.98. The third-order valence-electron chi connectivity index (χ3n) is 3.56. The van der Waals surface area contributed by atoms with Gasteiger partial charge in [0.25, 0.3) is 0 Å². The minimum Gasteiger partial charge on any atom is -0.493 e. The summed E-state index contributed by atoms with van der Waals surface area (Å²) >= 11 is 0. The lowest BCUT2D eigenvalue weighted by Crippen LogP contribution is -2.41. The zero-order valence-electron chi connectivity index (χ0n) is 11.7. The molecule has 1 heterocycles. The molecule has 19 heavy (non-hydrogen) atoms. The van der Waals surface area contributed by atoms with Crippen molar-refractivity contribution >= 4 is 5.91 Å². The lowest BCUT2D eigenvalue weighted by molar-refractivity contribution is -0.133. The monoisotopic (exact) mass is 261 g/mol. The summed E-state index contributed by atoms with van der Waals surface area (Å²) < 4.78 is 5.80. The first-order valence-electron chi connectivity index (χ1n) is 7.25. The molecule has 0 saturated carbocycles. The molecule has 3 nitrogen and oxygen atoms in total. The fraction of sp³-hybridized carbons (Fsp3) is 0.562. The van der Waals surface area contributed by atoms with E-state index >= 15 is 0 Å². The molecular weight excluding hydrogens is 238 g/mol. The largest absolute Gasteiger partial charge is 0.493 e. The normalized spacial score (nSPS) is 19.2. The molecule has 0 N–H and O–H groups in total. The Morgan fingerprint density at radius 3 is 2.89 bits per heavy atom. The van der Waals surface area contributed by atoms with Crippen LogP contribution in [0.5, 0.6) is 5.75 Å². The number of hydrogen-bond acceptors (Lipinski definition) is 2. The number of nitrogens with zero attached hydrogens (tertiary/aromatic N) is 1. The summed E-state index contributed by atoms with van der Waals surface area (Å²) in [5, 5.41) is 0. The average molecular weight is 261 g/mol. The summed E-state index contributed by atoms with van der Waals surface area (Å²) in [5.41, 5.74) is 0. The number of piperidine rings is 1. The number of benzene rings is 1. The Kier molecular flexibility index (Phi) is 5.25. The van der Waals surface area contributed by atoms with Crippen molar-refractivity contribution in [3.63, 3.8) is 0 Å². The number of carbonyl (C=O) groups excluding carboxylic acids is 1. The van der Waals surface area contributed by atoms with Crippen molar-refractivity contribution in [2.45, 2.75) is 32.6 Å². The van der Waals surface area contributed by atoms with Crippen molar-refractivity contribution in [3.8, 4) is 5.75 Å². The van der Waals surface area contributed by atoms with E-state index in [0.717, 1.165) is 38.1 Å². The molecule has 0 radical (unpaired) electrons. The molecule has 2 rings (SSSR count). The molecular formula is C16H23NO2. The number of likely N-dealkylation sites (tertiary alicyclic amines) is 1. The molecule has 1 atom stereocenters. The van der Waals surface area contributed by atoms with Gasteiger partial charge in [-0.2, -0.15) is 0 Å². The topological polar surface area (TPSA) is 29.5 Å². The van der Waals surface area contributed by atoms with Gasteiger partial charge in [0.05, 0.1) is 6.61 Å². The van der Waals surface area contributed by atoms with E-state index in [-0.39, 0.29) is 0 Å². The van der Waals surface area contributed by atoms with Crippen LogP contribution >= 0.6 is 0 Å². The zero-order chi connectivity index (χ0) is 13.5. The first-order chi connectivity index (χ1) is 9.29. The van der Waals surface area contributed by atoms with Crippen molar-refractivity contribution in [2.24, 2.45) is 5.92 Å². The molecule has 0 bridgehead atoms. The molecule has 3 heteroatoms. The van der Waals surface area contributed by atoms with Gasteiger partial charge < -0.3 is 9.64 Å². The van der Waals surface area contributed by atoms with Crippen LogP contribution in [0.15, 0.2) is 30.3 Å². The van der Waals surface area contributed by atoms with E-state index in [0.29, 0.717) is 24.9 Å². The summed E-state index contributed by atoms with van der Waals surface area (Å²) in [6, 6.07) is 9.89. The van der Waals surface area contributed by atoms with Crippen LogP contribution < -0.4 is 4.74 Å². The minimum atomic E-state index is 0.298. The highest BCUT2D eigenvalue weighted by molar-refractivity contribution is 5.76. The molecule has 104 valence electrons. The second-order valence-corrected chi connectivity index (χ2v) is 5.22. The maximum Gasteiger partial charge on any atom is 0.222 e. The van der Waals surface area contributed by atoms with Gasteiger partial charge in [-0.3, -0.25) is 4.79 Å². The summed E-state index contributed by atoms with van der Waals surface area (Å²) in [4.78, 5) is 13.9. The number of amides is 1. The zero-order valence-corrected chi connectivity index (χ0v) is 11.7. The SMILES string of the molecule is CCCC(=O)N1CCCC(COc2ccccc2)C1. The quantitative estimate of drug-likeness (QED) is 0.815. The van der Waals surface area contributed by atoms with Crippen LogP contribution in [0.3, 0.4) is 0 Å². The minimum absolute atomic E-state index is 0.298. The molecule has 1 aliphatic rings. The van der Waals surface area contributed by atoms with E-state index < -0.39 is 0 Å². The van der Waals surface area contributed by atoms with Gasteiger partial charge in [-0.25, -0.2) is 0 Å². The fourth-order valence-corrected chi connectivity index (χ4v) is 2.53. The third-order valence-corrected chi connectivity index (χ3v) is 3.56. The predicted molar refractivity (Wildman–Crippen MR) is 76.1 cm³/mol. The number of carbonyl (C=O) groups is 1. The highest BCUT2D eigenvalue weighted by Crippen LogP contribution is 2.19. The third kappa shape index (κ3) is 4.27. The number of ether oxygens (including phenoxy) is 1. The Bertz CT molecular complexity index is 391. The predicted octanol–water partition coefficient (Wildman–Crippen LogP) is 3.10. The van der Waals surface area contributed by atoms with Crippen molar-refractivity contribution in [1.29, 1.82) is 0 Å². The number of rotatable bonds is 5. The van der Waals surface area contributed by atoms with Gasteiger partial charge in [0.2, 0.25) is 5.91 Å².